The number of amides is 1. The van der Waals surface area contributed by atoms with E-state index >= 15 is 0 Å². The highest BCUT2D eigenvalue weighted by Gasteiger charge is 2.27. The van der Waals surface area contributed by atoms with Gasteiger partial charge in [-0.3, -0.25) is 9.69 Å². The minimum atomic E-state index is -0.841. The number of anilines is 1. The van der Waals surface area contributed by atoms with Crippen molar-refractivity contribution in [2.75, 3.05) is 38.2 Å². The largest absolute Gasteiger partial charge is 0.492 e. The first-order valence-electron chi connectivity index (χ1n) is 9.70. The maximum absolute atomic E-state index is 12.2. The van der Waals surface area contributed by atoms with Gasteiger partial charge in [-0.25, -0.2) is 0 Å². The Balaban J connectivity index is 1.78. The monoisotopic (exact) mass is 362 g/mol. The van der Waals surface area contributed by atoms with E-state index in [1.807, 2.05) is 31.2 Å². The number of nitrogens with zero attached hydrogens (tertiary/aromatic N) is 1. The molecule has 1 fully saturated rings. The molecular weight excluding hydrogens is 328 g/mol. The molecule has 2 rings (SSSR count). The molecule has 1 saturated heterocycles. The fraction of sp³-hybridized carbons (Fsp3) is 0.667. The Kier molecular flexibility index (Phi) is 7.47. The van der Waals surface area contributed by atoms with Gasteiger partial charge in [0.25, 0.3) is 5.91 Å². The Bertz CT molecular complexity index is 561. The number of nitrogens with one attached hydrogen (secondary N) is 1. The maximum atomic E-state index is 12.2. The Labute approximate surface area is 158 Å². The molecular formula is C21H34N2O3. The first-order valence-corrected chi connectivity index (χ1v) is 9.70. The van der Waals surface area contributed by atoms with Crippen molar-refractivity contribution in [3.63, 3.8) is 0 Å². The lowest BCUT2D eigenvalue weighted by atomic mass is 9.92. The van der Waals surface area contributed by atoms with Gasteiger partial charge in [-0.2, -0.15) is 0 Å². The van der Waals surface area contributed by atoms with Crippen molar-refractivity contribution in [2.24, 2.45) is 11.8 Å². The second-order valence-corrected chi connectivity index (χ2v) is 7.98. The Morgan fingerprint density at radius 2 is 1.81 bits per heavy atom. The van der Waals surface area contributed by atoms with Gasteiger partial charge in [-0.15, -0.1) is 0 Å². The summed E-state index contributed by atoms with van der Waals surface area (Å²) in [4.78, 5) is 14.7. The first-order chi connectivity index (χ1) is 12.3. The number of hydrogen-bond donors (Lipinski definition) is 1. The van der Waals surface area contributed by atoms with Crippen LogP contribution in [0.15, 0.2) is 24.3 Å². The molecule has 0 bridgehead atoms. The Morgan fingerprint density at radius 3 is 2.38 bits per heavy atom. The van der Waals surface area contributed by atoms with E-state index in [4.69, 9.17) is 9.47 Å². The first kappa shape index (κ1) is 20.7. The SMILES string of the molecule is CCOC(C)(C)C(=O)Nc1ccc(OCCN2CC(C)CC(C)C2)cc1. The molecule has 2 atom stereocenters. The molecule has 0 saturated carbocycles. The van der Waals surface area contributed by atoms with Gasteiger partial charge in [0, 0.05) is 31.9 Å². The number of carbonyl (C=O) groups is 1. The molecule has 0 aromatic heterocycles. The number of rotatable bonds is 8. The molecule has 1 aromatic carbocycles. The number of ether oxygens (including phenoxy) is 2. The van der Waals surface area contributed by atoms with Gasteiger partial charge in [0.2, 0.25) is 0 Å². The van der Waals surface area contributed by atoms with Crippen LogP contribution in [0, 0.1) is 11.8 Å². The summed E-state index contributed by atoms with van der Waals surface area (Å²) < 4.78 is 11.3. The van der Waals surface area contributed by atoms with Crippen molar-refractivity contribution in [3.05, 3.63) is 24.3 Å². The van der Waals surface area contributed by atoms with Gasteiger partial charge in [0.15, 0.2) is 0 Å². The molecule has 2 unspecified atom stereocenters. The number of piperidine rings is 1. The van der Waals surface area contributed by atoms with Gasteiger partial charge >= 0.3 is 0 Å². The lowest BCUT2D eigenvalue weighted by Crippen LogP contribution is -2.40. The highest BCUT2D eigenvalue weighted by atomic mass is 16.5. The summed E-state index contributed by atoms with van der Waals surface area (Å²) in [5, 5.41) is 2.88. The third-order valence-electron chi connectivity index (χ3n) is 4.78. The van der Waals surface area contributed by atoms with Crippen molar-refractivity contribution in [1.29, 1.82) is 0 Å². The molecule has 1 heterocycles. The van der Waals surface area contributed by atoms with E-state index in [0.29, 0.717) is 13.2 Å². The standard InChI is InChI=1S/C21H34N2O3/c1-6-26-21(4,5)20(24)22-18-7-9-19(10-8-18)25-12-11-23-14-16(2)13-17(3)15-23/h7-10,16-17H,6,11-15H2,1-5H3,(H,22,24). The zero-order chi connectivity index (χ0) is 19.2. The molecule has 146 valence electrons. The van der Waals surface area contributed by atoms with Crippen LogP contribution in [0.3, 0.4) is 0 Å². The van der Waals surface area contributed by atoms with Crippen LogP contribution in [-0.4, -0.2) is 49.3 Å². The van der Waals surface area contributed by atoms with Crippen molar-refractivity contribution in [1.82, 2.24) is 4.90 Å². The highest BCUT2D eigenvalue weighted by molar-refractivity contribution is 5.96. The van der Waals surface area contributed by atoms with E-state index < -0.39 is 5.60 Å². The summed E-state index contributed by atoms with van der Waals surface area (Å²) in [6.07, 6.45) is 1.32. The van der Waals surface area contributed by atoms with Crippen LogP contribution < -0.4 is 10.1 Å². The minimum absolute atomic E-state index is 0.152. The number of benzene rings is 1. The average Bonchev–Trinajstić information content (AvgIpc) is 2.55. The lowest BCUT2D eigenvalue weighted by Gasteiger charge is -2.34. The molecule has 1 aliphatic heterocycles. The Hall–Kier alpha value is -1.59. The highest BCUT2D eigenvalue weighted by Crippen LogP contribution is 2.21. The smallest absolute Gasteiger partial charge is 0.256 e. The Morgan fingerprint density at radius 1 is 1.19 bits per heavy atom. The van der Waals surface area contributed by atoms with Crippen LogP contribution in [0.1, 0.15) is 41.0 Å². The van der Waals surface area contributed by atoms with Crippen molar-refractivity contribution in [2.45, 2.75) is 46.6 Å². The summed E-state index contributed by atoms with van der Waals surface area (Å²) in [6.45, 7) is 14.5. The van der Waals surface area contributed by atoms with E-state index in [9.17, 15) is 4.79 Å². The molecule has 26 heavy (non-hydrogen) atoms. The zero-order valence-corrected chi connectivity index (χ0v) is 16.9. The quantitative estimate of drug-likeness (QED) is 0.764. The van der Waals surface area contributed by atoms with Gasteiger partial charge in [0.05, 0.1) is 0 Å². The third-order valence-corrected chi connectivity index (χ3v) is 4.78. The molecule has 0 spiro atoms. The molecule has 1 amide bonds. The number of hydrogen-bond acceptors (Lipinski definition) is 4. The molecule has 1 aromatic rings. The molecule has 5 nitrogen and oxygen atoms in total. The third kappa shape index (κ3) is 6.29. The fourth-order valence-corrected chi connectivity index (χ4v) is 3.61. The predicted octanol–water partition coefficient (Wildman–Crippen LogP) is 3.80. The van der Waals surface area contributed by atoms with Crippen molar-refractivity contribution < 1.29 is 14.3 Å². The topological polar surface area (TPSA) is 50.8 Å². The van der Waals surface area contributed by atoms with Gasteiger partial charge in [0.1, 0.15) is 18.0 Å². The number of carbonyl (C=O) groups excluding carboxylic acids is 1. The van der Waals surface area contributed by atoms with Crippen LogP contribution in [0.25, 0.3) is 0 Å². The summed E-state index contributed by atoms with van der Waals surface area (Å²) in [5.74, 6) is 2.21. The summed E-state index contributed by atoms with van der Waals surface area (Å²) >= 11 is 0. The van der Waals surface area contributed by atoms with Gasteiger partial charge in [-0.05, 0) is 63.3 Å². The van der Waals surface area contributed by atoms with E-state index in [1.165, 1.54) is 6.42 Å². The van der Waals surface area contributed by atoms with E-state index in [-0.39, 0.29) is 5.91 Å². The van der Waals surface area contributed by atoms with Crippen LogP contribution >= 0.6 is 0 Å². The van der Waals surface area contributed by atoms with Gasteiger partial charge in [-0.1, -0.05) is 13.8 Å². The summed E-state index contributed by atoms with van der Waals surface area (Å²) in [5.41, 5.74) is -0.0964. The molecule has 1 aliphatic rings. The second kappa shape index (κ2) is 9.38. The molecule has 5 heteroatoms. The molecule has 1 N–H and O–H groups in total. The fourth-order valence-electron chi connectivity index (χ4n) is 3.61. The van der Waals surface area contributed by atoms with Crippen molar-refractivity contribution >= 4 is 11.6 Å². The average molecular weight is 363 g/mol. The van der Waals surface area contributed by atoms with Gasteiger partial charge < -0.3 is 14.8 Å². The van der Waals surface area contributed by atoms with E-state index in [2.05, 4.69) is 24.1 Å². The predicted molar refractivity (Wildman–Crippen MR) is 106 cm³/mol. The number of likely N-dealkylation sites (tertiary alicyclic amines) is 1. The lowest BCUT2D eigenvalue weighted by molar-refractivity contribution is -0.136. The second-order valence-electron chi connectivity index (χ2n) is 7.98. The van der Waals surface area contributed by atoms with Crippen molar-refractivity contribution in [3.8, 4) is 5.75 Å². The van der Waals surface area contributed by atoms with Crippen LogP contribution in [0.2, 0.25) is 0 Å². The van der Waals surface area contributed by atoms with E-state index in [0.717, 1.165) is 42.9 Å². The normalized spacial score (nSPS) is 21.4. The van der Waals surface area contributed by atoms with Crippen LogP contribution in [-0.2, 0) is 9.53 Å². The minimum Gasteiger partial charge on any atom is -0.492 e. The zero-order valence-electron chi connectivity index (χ0n) is 16.9. The van der Waals surface area contributed by atoms with Crippen LogP contribution in [0.5, 0.6) is 5.75 Å². The van der Waals surface area contributed by atoms with E-state index in [1.54, 1.807) is 13.8 Å². The maximum Gasteiger partial charge on any atom is 0.256 e. The summed E-state index contributed by atoms with van der Waals surface area (Å²) in [6, 6.07) is 7.51. The summed E-state index contributed by atoms with van der Waals surface area (Å²) in [7, 11) is 0. The van der Waals surface area contributed by atoms with Crippen LogP contribution in [0.4, 0.5) is 5.69 Å². The molecule has 0 aliphatic carbocycles. The molecule has 0 radical (unpaired) electrons.